The largest absolute Gasteiger partial charge is 0.388 e. The third kappa shape index (κ3) is 2.54. The molecule has 0 aromatic carbocycles. The molecule has 7 heteroatoms. The molecular weight excluding hydrogens is 258 g/mol. The van der Waals surface area contributed by atoms with E-state index in [1.54, 1.807) is 11.9 Å². The van der Waals surface area contributed by atoms with E-state index in [1.807, 2.05) is 0 Å². The standard InChI is InChI=1S/C11H14ClN3O3/c1-14(7-11(16)3-2-4-11)10-9(15(17)18)5-8(12)6-13-10/h5-6,16H,2-4,7H2,1H3. The number of likely N-dealkylation sites (N-methyl/N-ethyl adjacent to an activating group) is 1. The average Bonchev–Trinajstić information content (AvgIpc) is 2.26. The highest BCUT2D eigenvalue weighted by Crippen LogP contribution is 2.35. The van der Waals surface area contributed by atoms with Crippen LogP contribution in [0.25, 0.3) is 0 Å². The van der Waals surface area contributed by atoms with Gasteiger partial charge in [0.1, 0.15) is 0 Å². The van der Waals surface area contributed by atoms with Crippen molar-refractivity contribution in [2.45, 2.75) is 24.9 Å². The van der Waals surface area contributed by atoms with Crippen molar-refractivity contribution in [3.63, 3.8) is 0 Å². The lowest BCUT2D eigenvalue weighted by Gasteiger charge is -2.39. The fourth-order valence-electron chi connectivity index (χ4n) is 2.11. The molecule has 0 radical (unpaired) electrons. The summed E-state index contributed by atoms with van der Waals surface area (Å²) in [5.74, 6) is 0.227. The van der Waals surface area contributed by atoms with E-state index in [0.717, 1.165) is 19.3 Å². The summed E-state index contributed by atoms with van der Waals surface area (Å²) in [4.78, 5) is 16.0. The second-order valence-corrected chi connectivity index (χ2v) is 5.12. The summed E-state index contributed by atoms with van der Waals surface area (Å²) in [5.41, 5.74) is -0.892. The molecule has 0 unspecified atom stereocenters. The van der Waals surface area contributed by atoms with Gasteiger partial charge in [0.05, 0.1) is 15.5 Å². The number of hydrogen-bond donors (Lipinski definition) is 1. The van der Waals surface area contributed by atoms with Crippen molar-refractivity contribution in [3.8, 4) is 0 Å². The maximum absolute atomic E-state index is 10.9. The maximum atomic E-state index is 10.9. The van der Waals surface area contributed by atoms with Crippen LogP contribution in [0.3, 0.4) is 0 Å². The van der Waals surface area contributed by atoms with Gasteiger partial charge in [-0.2, -0.15) is 0 Å². The number of halogens is 1. The van der Waals surface area contributed by atoms with E-state index in [9.17, 15) is 15.2 Å². The van der Waals surface area contributed by atoms with Gasteiger partial charge in [0, 0.05) is 25.9 Å². The van der Waals surface area contributed by atoms with Gasteiger partial charge in [0.15, 0.2) is 0 Å². The van der Waals surface area contributed by atoms with Gasteiger partial charge in [-0.25, -0.2) is 4.98 Å². The summed E-state index contributed by atoms with van der Waals surface area (Å²) >= 11 is 5.70. The van der Waals surface area contributed by atoms with E-state index in [-0.39, 0.29) is 16.5 Å². The summed E-state index contributed by atoms with van der Waals surface area (Å²) in [7, 11) is 1.68. The first kappa shape index (κ1) is 13.0. The topological polar surface area (TPSA) is 79.5 Å². The van der Waals surface area contributed by atoms with Gasteiger partial charge in [-0.05, 0) is 19.3 Å². The molecule has 1 fully saturated rings. The van der Waals surface area contributed by atoms with E-state index in [2.05, 4.69) is 4.98 Å². The van der Waals surface area contributed by atoms with Gasteiger partial charge in [0.25, 0.3) is 0 Å². The van der Waals surface area contributed by atoms with E-state index >= 15 is 0 Å². The van der Waals surface area contributed by atoms with E-state index in [1.165, 1.54) is 12.3 Å². The Balaban J connectivity index is 2.23. The van der Waals surface area contributed by atoms with Gasteiger partial charge in [-0.3, -0.25) is 10.1 Å². The van der Waals surface area contributed by atoms with Crippen LogP contribution in [0.15, 0.2) is 12.3 Å². The number of hydrogen-bond acceptors (Lipinski definition) is 5. The Morgan fingerprint density at radius 1 is 1.67 bits per heavy atom. The maximum Gasteiger partial charge on any atom is 0.313 e. The Hall–Kier alpha value is -1.40. The predicted molar refractivity (Wildman–Crippen MR) is 68.0 cm³/mol. The zero-order valence-electron chi connectivity index (χ0n) is 9.97. The number of pyridine rings is 1. The molecule has 1 aliphatic rings. The van der Waals surface area contributed by atoms with Gasteiger partial charge < -0.3 is 10.0 Å². The number of nitrogens with zero attached hydrogens (tertiary/aromatic N) is 3. The van der Waals surface area contributed by atoms with Crippen LogP contribution >= 0.6 is 11.6 Å². The van der Waals surface area contributed by atoms with Gasteiger partial charge >= 0.3 is 5.69 Å². The molecule has 1 N–H and O–H groups in total. The van der Waals surface area contributed by atoms with Crippen molar-refractivity contribution in [3.05, 3.63) is 27.4 Å². The number of rotatable bonds is 4. The number of aromatic nitrogens is 1. The van der Waals surface area contributed by atoms with Gasteiger partial charge in [-0.15, -0.1) is 0 Å². The van der Waals surface area contributed by atoms with Crippen LogP contribution in [-0.4, -0.2) is 34.2 Å². The molecule has 1 heterocycles. The highest BCUT2D eigenvalue weighted by Gasteiger charge is 2.36. The third-order valence-electron chi connectivity index (χ3n) is 3.19. The molecule has 0 bridgehead atoms. The van der Waals surface area contributed by atoms with Crippen LogP contribution in [0.1, 0.15) is 19.3 Å². The van der Waals surface area contributed by atoms with Crippen molar-refractivity contribution >= 4 is 23.1 Å². The zero-order valence-corrected chi connectivity index (χ0v) is 10.7. The highest BCUT2D eigenvalue weighted by molar-refractivity contribution is 6.30. The summed E-state index contributed by atoms with van der Waals surface area (Å²) in [6.07, 6.45) is 3.79. The van der Waals surface area contributed by atoms with Crippen molar-refractivity contribution < 1.29 is 10.0 Å². The van der Waals surface area contributed by atoms with Crippen molar-refractivity contribution in [2.24, 2.45) is 0 Å². The van der Waals surface area contributed by atoms with Crippen LogP contribution < -0.4 is 4.90 Å². The van der Waals surface area contributed by atoms with Crippen LogP contribution in [0.2, 0.25) is 5.02 Å². The first-order valence-corrected chi connectivity index (χ1v) is 6.02. The molecule has 1 aliphatic carbocycles. The molecule has 0 aliphatic heterocycles. The van der Waals surface area contributed by atoms with Crippen LogP contribution in [0.5, 0.6) is 0 Å². The van der Waals surface area contributed by atoms with Crippen molar-refractivity contribution in [1.82, 2.24) is 4.98 Å². The molecule has 0 amide bonds. The first-order valence-electron chi connectivity index (χ1n) is 5.65. The fraction of sp³-hybridized carbons (Fsp3) is 0.545. The minimum absolute atomic E-state index is 0.145. The molecule has 0 spiro atoms. The van der Waals surface area contributed by atoms with Gasteiger partial charge in [0.2, 0.25) is 5.82 Å². The van der Waals surface area contributed by atoms with E-state index in [0.29, 0.717) is 6.54 Å². The second-order valence-electron chi connectivity index (χ2n) is 4.69. The number of anilines is 1. The summed E-state index contributed by atoms with van der Waals surface area (Å²) < 4.78 is 0. The SMILES string of the molecule is CN(CC1(O)CCC1)c1ncc(Cl)cc1[N+](=O)[O-]. The average molecular weight is 272 g/mol. The lowest BCUT2D eigenvalue weighted by atomic mass is 9.80. The minimum Gasteiger partial charge on any atom is -0.388 e. The molecule has 6 nitrogen and oxygen atoms in total. The predicted octanol–water partition coefficient (Wildman–Crippen LogP) is 1.99. The van der Waals surface area contributed by atoms with Crippen molar-refractivity contribution in [1.29, 1.82) is 0 Å². The quantitative estimate of drug-likeness (QED) is 0.669. The first-order chi connectivity index (χ1) is 8.41. The molecule has 1 aromatic heterocycles. The van der Waals surface area contributed by atoms with Crippen molar-refractivity contribution in [2.75, 3.05) is 18.5 Å². The number of aliphatic hydroxyl groups is 1. The lowest BCUT2D eigenvalue weighted by molar-refractivity contribution is -0.384. The lowest BCUT2D eigenvalue weighted by Crippen LogP contribution is -2.47. The molecule has 0 saturated heterocycles. The fourth-order valence-corrected chi connectivity index (χ4v) is 2.26. The molecular formula is C11H14ClN3O3. The van der Waals surface area contributed by atoms with E-state index < -0.39 is 10.5 Å². The Morgan fingerprint density at radius 2 is 2.33 bits per heavy atom. The molecule has 0 atom stereocenters. The Labute approximate surface area is 109 Å². The molecule has 2 rings (SSSR count). The molecule has 1 aromatic rings. The van der Waals surface area contributed by atoms with E-state index in [4.69, 9.17) is 11.6 Å². The van der Waals surface area contributed by atoms with Gasteiger partial charge in [-0.1, -0.05) is 11.6 Å². The minimum atomic E-state index is -0.746. The Kier molecular flexibility index (Phi) is 3.41. The third-order valence-corrected chi connectivity index (χ3v) is 3.39. The summed E-state index contributed by atoms with van der Waals surface area (Å²) in [5, 5.41) is 21.2. The molecule has 1 saturated carbocycles. The number of nitro groups is 1. The Morgan fingerprint density at radius 3 is 2.83 bits per heavy atom. The smallest absolute Gasteiger partial charge is 0.313 e. The molecule has 98 valence electrons. The highest BCUT2D eigenvalue weighted by atomic mass is 35.5. The normalized spacial score (nSPS) is 17.1. The zero-order chi connectivity index (χ0) is 13.3. The monoisotopic (exact) mass is 271 g/mol. The van der Waals surface area contributed by atoms with Crippen LogP contribution in [0, 0.1) is 10.1 Å². The molecule has 18 heavy (non-hydrogen) atoms. The van der Waals surface area contributed by atoms with Crippen LogP contribution in [0.4, 0.5) is 11.5 Å². The Bertz CT molecular complexity index is 477. The van der Waals surface area contributed by atoms with Crippen LogP contribution in [-0.2, 0) is 0 Å². The summed E-state index contributed by atoms with van der Waals surface area (Å²) in [6, 6.07) is 1.27. The second kappa shape index (κ2) is 4.70. The summed E-state index contributed by atoms with van der Waals surface area (Å²) in [6.45, 7) is 0.336.